The van der Waals surface area contributed by atoms with E-state index in [0.717, 1.165) is 5.56 Å². The molecule has 0 aliphatic carbocycles. The van der Waals surface area contributed by atoms with Crippen LogP contribution in [0.1, 0.15) is 12.5 Å². The van der Waals surface area contributed by atoms with Crippen molar-refractivity contribution < 1.29 is 23.1 Å². The Morgan fingerprint density at radius 2 is 1.95 bits per heavy atom. The predicted octanol–water partition coefficient (Wildman–Crippen LogP) is 1.12. The molecular weight excluding hydrogens is 268 g/mol. The van der Waals surface area contributed by atoms with Gasteiger partial charge < -0.3 is 9.84 Å². The minimum Gasteiger partial charge on any atom is -0.481 e. The van der Waals surface area contributed by atoms with Crippen molar-refractivity contribution in [1.82, 2.24) is 0 Å². The Morgan fingerprint density at radius 1 is 1.37 bits per heavy atom. The van der Waals surface area contributed by atoms with E-state index in [2.05, 4.69) is 0 Å². The first-order valence-electron chi connectivity index (χ1n) is 6.04. The Hall–Kier alpha value is -1.40. The summed E-state index contributed by atoms with van der Waals surface area (Å²) in [6.07, 6.45) is 0.391. The SMILES string of the molecule is CC(Cc1ccc(S(=O)(=O)C2COC2)cc1)C(=O)O. The molecule has 0 bridgehead atoms. The number of aliphatic carboxylic acids is 1. The summed E-state index contributed by atoms with van der Waals surface area (Å²) in [6.45, 7) is 2.12. The van der Waals surface area contributed by atoms with E-state index in [1.165, 1.54) is 12.1 Å². The van der Waals surface area contributed by atoms with Gasteiger partial charge in [-0.25, -0.2) is 8.42 Å². The molecule has 1 fully saturated rings. The van der Waals surface area contributed by atoms with Gasteiger partial charge >= 0.3 is 5.97 Å². The molecule has 0 spiro atoms. The summed E-state index contributed by atoms with van der Waals surface area (Å²) in [6, 6.07) is 6.42. The summed E-state index contributed by atoms with van der Waals surface area (Å²) in [7, 11) is -3.31. The molecule has 1 saturated heterocycles. The predicted molar refractivity (Wildman–Crippen MR) is 68.7 cm³/mol. The molecule has 104 valence electrons. The number of benzene rings is 1. The fourth-order valence-corrected chi connectivity index (χ4v) is 3.29. The van der Waals surface area contributed by atoms with E-state index < -0.39 is 27.0 Å². The third kappa shape index (κ3) is 2.96. The van der Waals surface area contributed by atoms with E-state index in [1.807, 2.05) is 0 Å². The van der Waals surface area contributed by atoms with Gasteiger partial charge in [-0.3, -0.25) is 4.79 Å². The van der Waals surface area contributed by atoms with Crippen LogP contribution in [0.15, 0.2) is 29.2 Å². The van der Waals surface area contributed by atoms with E-state index >= 15 is 0 Å². The average Bonchev–Trinajstić information content (AvgIpc) is 2.26. The fourth-order valence-electron chi connectivity index (χ4n) is 1.84. The number of hydrogen-bond donors (Lipinski definition) is 1. The zero-order valence-electron chi connectivity index (χ0n) is 10.6. The lowest BCUT2D eigenvalue weighted by atomic mass is 10.0. The van der Waals surface area contributed by atoms with Gasteiger partial charge in [0.25, 0.3) is 0 Å². The third-order valence-electron chi connectivity index (χ3n) is 3.26. The maximum atomic E-state index is 12.1. The van der Waals surface area contributed by atoms with Crippen molar-refractivity contribution in [2.75, 3.05) is 13.2 Å². The molecule has 1 aromatic rings. The third-order valence-corrected chi connectivity index (χ3v) is 5.34. The molecule has 6 heteroatoms. The second-order valence-corrected chi connectivity index (χ2v) is 7.02. The van der Waals surface area contributed by atoms with Crippen molar-refractivity contribution in [3.63, 3.8) is 0 Å². The lowest BCUT2D eigenvalue weighted by Gasteiger charge is -2.25. The molecule has 1 atom stereocenters. The number of carboxylic acid groups (broad SMARTS) is 1. The maximum Gasteiger partial charge on any atom is 0.306 e. The van der Waals surface area contributed by atoms with Crippen molar-refractivity contribution in [1.29, 1.82) is 0 Å². The van der Waals surface area contributed by atoms with E-state index in [9.17, 15) is 13.2 Å². The van der Waals surface area contributed by atoms with Crippen molar-refractivity contribution >= 4 is 15.8 Å². The number of hydrogen-bond acceptors (Lipinski definition) is 4. The minimum absolute atomic E-state index is 0.250. The molecule has 5 nitrogen and oxygen atoms in total. The molecule has 19 heavy (non-hydrogen) atoms. The highest BCUT2D eigenvalue weighted by Crippen LogP contribution is 2.22. The molecule has 1 heterocycles. The second kappa shape index (κ2) is 5.30. The van der Waals surface area contributed by atoms with Gasteiger partial charge in [0, 0.05) is 0 Å². The lowest BCUT2D eigenvalue weighted by Crippen LogP contribution is -2.40. The van der Waals surface area contributed by atoms with Crippen LogP contribution in [0.3, 0.4) is 0 Å². The first-order chi connectivity index (χ1) is 8.91. The largest absolute Gasteiger partial charge is 0.481 e. The molecule has 1 unspecified atom stereocenters. The molecule has 2 rings (SSSR count). The normalized spacial score (nSPS) is 17.7. The highest BCUT2D eigenvalue weighted by atomic mass is 32.2. The Balaban J connectivity index is 2.12. The van der Waals surface area contributed by atoms with Crippen LogP contribution in [0.5, 0.6) is 0 Å². The molecule has 1 N–H and O–H groups in total. The fraction of sp³-hybridized carbons (Fsp3) is 0.462. The Labute approximate surface area is 112 Å². The van der Waals surface area contributed by atoms with Gasteiger partial charge in [0.1, 0.15) is 5.25 Å². The van der Waals surface area contributed by atoms with Crippen LogP contribution in [0, 0.1) is 5.92 Å². The lowest BCUT2D eigenvalue weighted by molar-refractivity contribution is -0.141. The van der Waals surface area contributed by atoms with E-state index in [-0.39, 0.29) is 18.1 Å². The van der Waals surface area contributed by atoms with Crippen molar-refractivity contribution in [2.24, 2.45) is 5.92 Å². The van der Waals surface area contributed by atoms with Crippen LogP contribution in [-0.2, 0) is 25.8 Å². The number of sulfone groups is 1. The summed E-state index contributed by atoms with van der Waals surface area (Å²) in [4.78, 5) is 11.0. The molecule has 1 aliphatic heterocycles. The molecule has 0 aromatic heterocycles. The number of rotatable bonds is 5. The van der Waals surface area contributed by atoms with Crippen molar-refractivity contribution in [3.8, 4) is 0 Å². The average molecular weight is 284 g/mol. The van der Waals surface area contributed by atoms with E-state index in [1.54, 1.807) is 19.1 Å². The smallest absolute Gasteiger partial charge is 0.306 e. The quantitative estimate of drug-likeness (QED) is 0.876. The Bertz CT molecular complexity index is 557. The van der Waals surface area contributed by atoms with Crippen molar-refractivity contribution in [2.45, 2.75) is 23.5 Å². The van der Waals surface area contributed by atoms with Crippen LogP contribution >= 0.6 is 0 Å². The zero-order chi connectivity index (χ0) is 14.0. The first-order valence-corrected chi connectivity index (χ1v) is 7.59. The molecule has 0 amide bonds. The molecule has 1 aromatic carbocycles. The Kier molecular flexibility index (Phi) is 3.91. The molecular formula is C13H16O5S. The van der Waals surface area contributed by atoms with Crippen LogP contribution in [-0.4, -0.2) is 38.0 Å². The summed E-state index contributed by atoms with van der Waals surface area (Å²) >= 11 is 0. The van der Waals surface area contributed by atoms with Crippen LogP contribution < -0.4 is 0 Å². The number of carbonyl (C=O) groups is 1. The monoisotopic (exact) mass is 284 g/mol. The first kappa shape index (κ1) is 14.0. The minimum atomic E-state index is -3.31. The molecule has 0 radical (unpaired) electrons. The van der Waals surface area contributed by atoms with Crippen molar-refractivity contribution in [3.05, 3.63) is 29.8 Å². The standard InChI is InChI=1S/C13H16O5S/c1-9(13(14)15)6-10-2-4-11(5-3-10)19(16,17)12-7-18-8-12/h2-5,9,12H,6-8H2,1H3,(H,14,15). The summed E-state index contributed by atoms with van der Waals surface area (Å²) in [5, 5.41) is 8.38. The van der Waals surface area contributed by atoms with Crippen LogP contribution in [0.2, 0.25) is 0 Å². The molecule has 0 saturated carbocycles. The van der Waals surface area contributed by atoms with Gasteiger partial charge in [0.15, 0.2) is 9.84 Å². The molecule has 1 aliphatic rings. The van der Waals surface area contributed by atoms with Gasteiger partial charge in [-0.15, -0.1) is 0 Å². The van der Waals surface area contributed by atoms with Gasteiger partial charge in [-0.1, -0.05) is 19.1 Å². The van der Waals surface area contributed by atoms with Crippen LogP contribution in [0.25, 0.3) is 0 Å². The zero-order valence-corrected chi connectivity index (χ0v) is 11.4. The number of carboxylic acids is 1. The Morgan fingerprint density at radius 3 is 2.37 bits per heavy atom. The van der Waals surface area contributed by atoms with Crippen LogP contribution in [0.4, 0.5) is 0 Å². The number of ether oxygens (including phenoxy) is 1. The van der Waals surface area contributed by atoms with Gasteiger partial charge in [-0.2, -0.15) is 0 Å². The highest BCUT2D eigenvalue weighted by Gasteiger charge is 2.33. The topological polar surface area (TPSA) is 80.7 Å². The maximum absolute atomic E-state index is 12.1. The van der Waals surface area contributed by atoms with E-state index in [4.69, 9.17) is 9.84 Å². The highest BCUT2D eigenvalue weighted by molar-refractivity contribution is 7.92. The second-order valence-electron chi connectivity index (χ2n) is 4.79. The van der Waals surface area contributed by atoms with Gasteiger partial charge in [0.05, 0.1) is 24.0 Å². The van der Waals surface area contributed by atoms with E-state index in [0.29, 0.717) is 6.42 Å². The van der Waals surface area contributed by atoms with Gasteiger partial charge in [0.2, 0.25) is 0 Å². The van der Waals surface area contributed by atoms with Gasteiger partial charge in [-0.05, 0) is 24.1 Å². The summed E-state index contributed by atoms with van der Waals surface area (Å²) < 4.78 is 29.1. The summed E-state index contributed by atoms with van der Waals surface area (Å²) in [5.74, 6) is -1.34. The summed E-state index contributed by atoms with van der Waals surface area (Å²) in [5.41, 5.74) is 0.818.